The standard InChI is InChI=1S/C11H12O4/c1-6-4-5-7-9(8(6)10(12)13)15-11(2,3)14-7/h4-5H,1-3H3,(H,12,13). The van der Waals surface area contributed by atoms with E-state index in [9.17, 15) is 4.79 Å². The van der Waals surface area contributed by atoms with Crippen LogP contribution in [0, 0.1) is 6.92 Å². The first kappa shape index (κ1) is 9.83. The normalized spacial score (nSPS) is 16.5. The fourth-order valence-corrected chi connectivity index (χ4v) is 1.64. The lowest BCUT2D eigenvalue weighted by molar-refractivity contribution is -0.0434. The van der Waals surface area contributed by atoms with E-state index in [1.165, 1.54) is 0 Å². The van der Waals surface area contributed by atoms with Gasteiger partial charge in [0.25, 0.3) is 0 Å². The molecule has 0 saturated carbocycles. The Bertz CT molecular complexity index is 434. The summed E-state index contributed by atoms with van der Waals surface area (Å²) in [5.74, 6) is -0.971. The monoisotopic (exact) mass is 208 g/mol. The third kappa shape index (κ3) is 1.52. The van der Waals surface area contributed by atoms with Crippen LogP contribution in [0.4, 0.5) is 0 Å². The summed E-state index contributed by atoms with van der Waals surface area (Å²) in [6.45, 7) is 5.22. The summed E-state index contributed by atoms with van der Waals surface area (Å²) in [6.07, 6.45) is 0. The molecule has 15 heavy (non-hydrogen) atoms. The zero-order chi connectivity index (χ0) is 11.2. The van der Waals surface area contributed by atoms with Gasteiger partial charge in [0.05, 0.1) is 0 Å². The Morgan fingerprint density at radius 3 is 2.60 bits per heavy atom. The quantitative estimate of drug-likeness (QED) is 0.768. The summed E-state index contributed by atoms with van der Waals surface area (Å²) in [5, 5.41) is 9.06. The second-order valence-electron chi connectivity index (χ2n) is 3.99. The average Bonchev–Trinajstić information content (AvgIpc) is 2.37. The lowest BCUT2D eigenvalue weighted by atomic mass is 10.1. The molecule has 0 radical (unpaired) electrons. The van der Waals surface area contributed by atoms with Gasteiger partial charge >= 0.3 is 5.97 Å². The molecule has 0 bridgehead atoms. The van der Waals surface area contributed by atoms with Crippen molar-refractivity contribution in [3.8, 4) is 11.5 Å². The first-order valence-corrected chi connectivity index (χ1v) is 4.65. The smallest absolute Gasteiger partial charge is 0.339 e. The number of hydrogen-bond donors (Lipinski definition) is 1. The molecule has 1 heterocycles. The molecular weight excluding hydrogens is 196 g/mol. The zero-order valence-corrected chi connectivity index (χ0v) is 8.83. The molecular formula is C11H12O4. The third-order valence-corrected chi connectivity index (χ3v) is 2.25. The summed E-state index contributed by atoms with van der Waals surface area (Å²) in [7, 11) is 0. The van der Waals surface area contributed by atoms with Gasteiger partial charge in [-0.25, -0.2) is 4.79 Å². The first-order valence-electron chi connectivity index (χ1n) is 4.65. The molecule has 4 nitrogen and oxygen atoms in total. The number of carboxylic acid groups (broad SMARTS) is 1. The van der Waals surface area contributed by atoms with Crippen molar-refractivity contribution < 1.29 is 19.4 Å². The highest BCUT2D eigenvalue weighted by molar-refractivity contribution is 5.94. The minimum Gasteiger partial charge on any atom is -0.478 e. The molecule has 0 spiro atoms. The van der Waals surface area contributed by atoms with Gasteiger partial charge in [-0.05, 0) is 18.6 Å². The number of carboxylic acids is 1. The molecule has 1 aliphatic heterocycles. The Morgan fingerprint density at radius 1 is 1.33 bits per heavy atom. The molecule has 4 heteroatoms. The van der Waals surface area contributed by atoms with Gasteiger partial charge in [0.2, 0.25) is 5.79 Å². The molecule has 1 aromatic carbocycles. The summed E-state index contributed by atoms with van der Waals surface area (Å²) >= 11 is 0. The van der Waals surface area contributed by atoms with Crippen LogP contribution in [-0.4, -0.2) is 16.9 Å². The molecule has 0 aromatic heterocycles. The van der Waals surface area contributed by atoms with Gasteiger partial charge < -0.3 is 14.6 Å². The van der Waals surface area contributed by atoms with Crippen molar-refractivity contribution in [3.05, 3.63) is 23.3 Å². The van der Waals surface area contributed by atoms with E-state index in [-0.39, 0.29) is 5.56 Å². The van der Waals surface area contributed by atoms with Crippen molar-refractivity contribution in [3.63, 3.8) is 0 Å². The highest BCUT2D eigenvalue weighted by Crippen LogP contribution is 2.42. The van der Waals surface area contributed by atoms with Crippen molar-refractivity contribution >= 4 is 5.97 Å². The van der Waals surface area contributed by atoms with E-state index in [0.29, 0.717) is 17.1 Å². The van der Waals surface area contributed by atoms with Crippen LogP contribution in [0.1, 0.15) is 29.8 Å². The molecule has 0 amide bonds. The largest absolute Gasteiger partial charge is 0.478 e. The zero-order valence-electron chi connectivity index (χ0n) is 8.83. The molecule has 1 N–H and O–H groups in total. The first-order chi connectivity index (χ1) is 6.91. The van der Waals surface area contributed by atoms with Crippen LogP contribution in [0.15, 0.2) is 12.1 Å². The predicted octanol–water partition coefficient (Wildman–Crippen LogP) is 2.20. The van der Waals surface area contributed by atoms with Crippen LogP contribution in [0.3, 0.4) is 0 Å². The minimum absolute atomic E-state index is 0.179. The molecule has 0 saturated heterocycles. The van der Waals surface area contributed by atoms with E-state index in [4.69, 9.17) is 14.6 Å². The van der Waals surface area contributed by atoms with Crippen LogP contribution in [-0.2, 0) is 0 Å². The van der Waals surface area contributed by atoms with Gasteiger partial charge in [-0.3, -0.25) is 0 Å². The fourth-order valence-electron chi connectivity index (χ4n) is 1.64. The molecule has 80 valence electrons. The van der Waals surface area contributed by atoms with E-state index in [0.717, 1.165) is 0 Å². The fraction of sp³-hybridized carbons (Fsp3) is 0.364. The van der Waals surface area contributed by atoms with Crippen LogP contribution in [0.25, 0.3) is 0 Å². The topological polar surface area (TPSA) is 55.8 Å². The summed E-state index contributed by atoms with van der Waals surface area (Å²) in [6, 6.07) is 3.44. The highest BCUT2D eigenvalue weighted by Gasteiger charge is 2.35. The minimum atomic E-state index is -0.995. The van der Waals surface area contributed by atoms with E-state index < -0.39 is 11.8 Å². The van der Waals surface area contributed by atoms with Crippen molar-refractivity contribution in [2.75, 3.05) is 0 Å². The number of carbonyl (C=O) groups is 1. The SMILES string of the molecule is Cc1ccc2c(c1C(=O)O)OC(C)(C)O2. The Morgan fingerprint density at radius 2 is 2.00 bits per heavy atom. The van der Waals surface area contributed by atoms with Crippen molar-refractivity contribution in [1.29, 1.82) is 0 Å². The lowest BCUT2D eigenvalue weighted by Gasteiger charge is -2.16. The van der Waals surface area contributed by atoms with Gasteiger partial charge in [0, 0.05) is 13.8 Å². The lowest BCUT2D eigenvalue weighted by Crippen LogP contribution is -2.30. The number of ether oxygens (including phenoxy) is 2. The Labute approximate surface area is 87.4 Å². The molecule has 0 aliphatic carbocycles. The van der Waals surface area contributed by atoms with Gasteiger partial charge in [-0.15, -0.1) is 0 Å². The average molecular weight is 208 g/mol. The van der Waals surface area contributed by atoms with Crippen LogP contribution in [0.5, 0.6) is 11.5 Å². The number of fused-ring (bicyclic) bond motifs is 1. The van der Waals surface area contributed by atoms with Crippen molar-refractivity contribution in [2.24, 2.45) is 0 Å². The molecule has 0 fully saturated rings. The maximum atomic E-state index is 11.1. The molecule has 1 aromatic rings. The van der Waals surface area contributed by atoms with Crippen LogP contribution in [0.2, 0.25) is 0 Å². The van der Waals surface area contributed by atoms with Crippen molar-refractivity contribution in [1.82, 2.24) is 0 Å². The number of aromatic carboxylic acids is 1. The Balaban J connectivity index is 2.60. The molecule has 0 unspecified atom stereocenters. The second-order valence-corrected chi connectivity index (χ2v) is 3.99. The van der Waals surface area contributed by atoms with E-state index in [1.54, 1.807) is 32.9 Å². The molecule has 0 atom stereocenters. The second kappa shape index (κ2) is 2.89. The molecule has 1 aliphatic rings. The number of benzene rings is 1. The summed E-state index contributed by atoms with van der Waals surface area (Å²) in [5.41, 5.74) is 0.848. The third-order valence-electron chi connectivity index (χ3n) is 2.25. The van der Waals surface area contributed by atoms with E-state index in [1.807, 2.05) is 0 Å². The Hall–Kier alpha value is -1.71. The molecule has 2 rings (SSSR count). The van der Waals surface area contributed by atoms with Gasteiger partial charge in [-0.1, -0.05) is 6.07 Å². The van der Waals surface area contributed by atoms with Crippen LogP contribution < -0.4 is 9.47 Å². The number of aryl methyl sites for hydroxylation is 1. The Kier molecular flexibility index (Phi) is 1.89. The summed E-state index contributed by atoms with van der Waals surface area (Å²) in [4.78, 5) is 11.1. The highest BCUT2D eigenvalue weighted by atomic mass is 16.7. The van der Waals surface area contributed by atoms with Gasteiger partial charge in [0.1, 0.15) is 5.56 Å². The van der Waals surface area contributed by atoms with E-state index >= 15 is 0 Å². The van der Waals surface area contributed by atoms with Crippen molar-refractivity contribution in [2.45, 2.75) is 26.6 Å². The van der Waals surface area contributed by atoms with Crippen LogP contribution >= 0.6 is 0 Å². The number of hydrogen-bond acceptors (Lipinski definition) is 3. The predicted molar refractivity (Wildman–Crippen MR) is 53.5 cm³/mol. The number of rotatable bonds is 1. The maximum Gasteiger partial charge on any atom is 0.339 e. The maximum absolute atomic E-state index is 11.1. The van der Waals surface area contributed by atoms with E-state index in [2.05, 4.69) is 0 Å². The summed E-state index contributed by atoms with van der Waals surface area (Å²) < 4.78 is 10.9. The van der Waals surface area contributed by atoms with Gasteiger partial charge in [-0.2, -0.15) is 0 Å². The van der Waals surface area contributed by atoms with Gasteiger partial charge in [0.15, 0.2) is 11.5 Å².